The lowest BCUT2D eigenvalue weighted by Crippen LogP contribution is -2.40. The van der Waals surface area contributed by atoms with Crippen molar-refractivity contribution in [3.63, 3.8) is 0 Å². The molecule has 2 atom stereocenters. The largest absolute Gasteiger partial charge is 0.573 e. The van der Waals surface area contributed by atoms with Gasteiger partial charge in [-0.3, -0.25) is 9.78 Å². The van der Waals surface area contributed by atoms with Gasteiger partial charge in [0.2, 0.25) is 21.5 Å². The van der Waals surface area contributed by atoms with Crippen LogP contribution in [0.5, 0.6) is 5.75 Å². The van der Waals surface area contributed by atoms with Crippen molar-refractivity contribution in [2.45, 2.75) is 42.7 Å². The molecule has 0 saturated carbocycles. The van der Waals surface area contributed by atoms with E-state index in [0.29, 0.717) is 0 Å². The molecule has 7 nitrogen and oxygen atoms in total. The van der Waals surface area contributed by atoms with Crippen LogP contribution in [-0.2, 0) is 21.2 Å². The quantitative estimate of drug-likeness (QED) is 0.309. The Balaban J connectivity index is 1.47. The van der Waals surface area contributed by atoms with Crippen LogP contribution in [0.4, 0.5) is 26.3 Å². The molecule has 1 aliphatic rings. The van der Waals surface area contributed by atoms with Crippen molar-refractivity contribution in [3.8, 4) is 11.4 Å². The van der Waals surface area contributed by atoms with E-state index < -0.39 is 58.3 Å². The van der Waals surface area contributed by atoms with E-state index in [0.717, 1.165) is 59.3 Å². The molecule has 0 amide bonds. The van der Waals surface area contributed by atoms with Crippen LogP contribution >= 0.6 is 0 Å². The van der Waals surface area contributed by atoms with Gasteiger partial charge in [-0.05, 0) is 30.7 Å². The first-order valence-electron chi connectivity index (χ1n) is 11.2. The average molecular weight is 560 g/mol. The normalized spacial score (nSPS) is 18.5. The number of alkyl halides is 4. The summed E-state index contributed by atoms with van der Waals surface area (Å²) in [4.78, 5) is 16.6. The third kappa shape index (κ3) is 6.30. The summed E-state index contributed by atoms with van der Waals surface area (Å²) in [5.74, 6) is -2.53. The summed E-state index contributed by atoms with van der Waals surface area (Å²) in [5, 5.41) is 0. The summed E-state index contributed by atoms with van der Waals surface area (Å²) in [6.07, 6.45) is -3.92. The van der Waals surface area contributed by atoms with Crippen LogP contribution in [0, 0.1) is 11.6 Å². The number of ketones is 1. The van der Waals surface area contributed by atoms with Crippen LogP contribution in [0.3, 0.4) is 0 Å². The van der Waals surface area contributed by atoms with Gasteiger partial charge in [-0.1, -0.05) is 0 Å². The van der Waals surface area contributed by atoms with E-state index in [9.17, 15) is 39.6 Å². The van der Waals surface area contributed by atoms with Crippen molar-refractivity contribution >= 4 is 15.8 Å². The van der Waals surface area contributed by atoms with Crippen LogP contribution < -0.4 is 9.30 Å². The Morgan fingerprint density at radius 3 is 2.39 bits per heavy atom. The molecule has 0 unspecified atom stereocenters. The lowest BCUT2D eigenvalue weighted by atomic mass is 10.0. The predicted octanol–water partition coefficient (Wildman–Crippen LogP) is 3.84. The van der Waals surface area contributed by atoms with E-state index >= 15 is 0 Å². The van der Waals surface area contributed by atoms with E-state index in [2.05, 4.69) is 9.72 Å². The van der Waals surface area contributed by atoms with E-state index in [1.54, 1.807) is 0 Å². The highest BCUT2D eigenvalue weighted by atomic mass is 32.2. The Kier molecular flexibility index (Phi) is 7.74. The Hall–Kier alpha value is -3.52. The van der Waals surface area contributed by atoms with Gasteiger partial charge in [0.25, 0.3) is 0 Å². The first-order valence-corrected chi connectivity index (χ1v) is 12.6. The second-order valence-corrected chi connectivity index (χ2v) is 10.4. The SMILES string of the molecule is O=C(CCc1cc(-[n+]2ccc(OC(F)(F)F)cc2)c(F)cn1)[C@@H]1C[C@@H](F)CN1S(=O)(=O)c1ccc(F)cc1. The molecule has 0 N–H and O–H groups in total. The molecule has 3 heterocycles. The molecule has 0 bridgehead atoms. The number of aryl methyl sites for hydroxylation is 1. The topological polar surface area (TPSA) is 80.5 Å². The Morgan fingerprint density at radius 2 is 1.76 bits per heavy atom. The molecule has 202 valence electrons. The highest BCUT2D eigenvalue weighted by Crippen LogP contribution is 2.29. The maximum Gasteiger partial charge on any atom is 0.573 e. The third-order valence-corrected chi connectivity index (χ3v) is 7.72. The average Bonchev–Trinajstić information content (AvgIpc) is 3.26. The zero-order valence-electron chi connectivity index (χ0n) is 19.4. The molecule has 2 aromatic heterocycles. The monoisotopic (exact) mass is 560 g/mol. The molecule has 1 aromatic carbocycles. The molecule has 1 saturated heterocycles. The lowest BCUT2D eigenvalue weighted by Gasteiger charge is -2.22. The van der Waals surface area contributed by atoms with Crippen LogP contribution in [0.2, 0.25) is 0 Å². The highest BCUT2D eigenvalue weighted by molar-refractivity contribution is 7.89. The van der Waals surface area contributed by atoms with Gasteiger partial charge in [-0.25, -0.2) is 17.2 Å². The number of hydrogen-bond acceptors (Lipinski definition) is 5. The van der Waals surface area contributed by atoms with Crippen LogP contribution in [0.1, 0.15) is 18.5 Å². The molecule has 1 fully saturated rings. The van der Waals surface area contributed by atoms with E-state index in [4.69, 9.17) is 0 Å². The number of pyridine rings is 2. The second kappa shape index (κ2) is 10.7. The number of carbonyl (C=O) groups excluding carboxylic acids is 1. The van der Waals surface area contributed by atoms with Gasteiger partial charge in [0, 0.05) is 43.3 Å². The smallest absolute Gasteiger partial charge is 0.405 e. The predicted molar refractivity (Wildman–Crippen MR) is 119 cm³/mol. The van der Waals surface area contributed by atoms with Crippen molar-refractivity contribution in [2.75, 3.05) is 6.54 Å². The number of carbonyl (C=O) groups is 1. The first-order chi connectivity index (χ1) is 17.8. The minimum atomic E-state index is -4.89. The molecule has 0 aliphatic carbocycles. The van der Waals surface area contributed by atoms with Gasteiger partial charge >= 0.3 is 6.36 Å². The van der Waals surface area contributed by atoms with Crippen molar-refractivity contribution in [2.24, 2.45) is 0 Å². The molecule has 0 radical (unpaired) electrons. The van der Waals surface area contributed by atoms with Crippen molar-refractivity contribution in [1.82, 2.24) is 9.29 Å². The number of benzene rings is 1. The molecular formula is C24H20F6N3O4S+. The summed E-state index contributed by atoms with van der Waals surface area (Å²) in [5.41, 5.74) is 0.173. The fraction of sp³-hybridized carbons (Fsp3) is 0.292. The molecule has 1 aliphatic heterocycles. The summed E-state index contributed by atoms with van der Waals surface area (Å²) in [6.45, 7) is -0.528. The Bertz CT molecular complexity index is 1420. The van der Waals surface area contributed by atoms with Crippen molar-refractivity contribution < 1.29 is 48.9 Å². The van der Waals surface area contributed by atoms with Gasteiger partial charge in [-0.2, -0.15) is 13.3 Å². The third-order valence-electron chi connectivity index (χ3n) is 5.83. The molecule has 0 spiro atoms. The van der Waals surface area contributed by atoms with Gasteiger partial charge in [0.1, 0.15) is 17.7 Å². The first kappa shape index (κ1) is 27.5. The summed E-state index contributed by atoms with van der Waals surface area (Å²) in [6, 6.07) is 5.92. The maximum atomic E-state index is 14.4. The number of nitrogens with zero attached hydrogens (tertiary/aromatic N) is 3. The number of ether oxygens (including phenoxy) is 1. The van der Waals surface area contributed by atoms with E-state index in [-0.39, 0.29) is 35.5 Å². The lowest BCUT2D eigenvalue weighted by molar-refractivity contribution is -0.597. The van der Waals surface area contributed by atoms with Gasteiger partial charge in [-0.15, -0.1) is 13.2 Å². The van der Waals surface area contributed by atoms with Crippen LogP contribution in [0.25, 0.3) is 5.69 Å². The number of aromatic nitrogens is 2. The molecule has 38 heavy (non-hydrogen) atoms. The Labute approximate surface area is 213 Å². The fourth-order valence-electron chi connectivity index (χ4n) is 4.05. The summed E-state index contributed by atoms with van der Waals surface area (Å²) >= 11 is 0. The van der Waals surface area contributed by atoms with E-state index in [1.807, 2.05) is 0 Å². The number of rotatable bonds is 8. The van der Waals surface area contributed by atoms with Crippen LogP contribution in [-0.4, -0.2) is 48.6 Å². The number of sulfonamides is 1. The number of hydrogen-bond donors (Lipinski definition) is 0. The van der Waals surface area contributed by atoms with Crippen molar-refractivity contribution in [3.05, 3.63) is 78.4 Å². The van der Waals surface area contributed by atoms with Crippen LogP contribution in [0.15, 0.2) is 66.0 Å². The standard InChI is InChI=1S/C24H20F6N3O4S/c25-15-1-4-19(5-2-15)38(35,36)33-14-16(26)11-22(33)23(34)6-3-17-12-21(20(27)13-31-17)32-9-7-18(8-10-32)37-24(28,29)30/h1-2,4-5,7-10,12-13,16,22H,3,6,11,14H2/q+1/t16-,22+/m1/s1. The maximum absolute atomic E-state index is 14.4. The second-order valence-electron chi connectivity index (χ2n) is 8.46. The number of halogens is 6. The molecule has 4 rings (SSSR count). The van der Waals surface area contributed by atoms with Gasteiger partial charge in [0.15, 0.2) is 18.2 Å². The zero-order valence-corrected chi connectivity index (χ0v) is 20.2. The summed E-state index contributed by atoms with van der Waals surface area (Å²) in [7, 11) is -4.27. The minimum Gasteiger partial charge on any atom is -0.405 e. The van der Waals surface area contributed by atoms with Gasteiger partial charge < -0.3 is 4.74 Å². The molecule has 14 heteroatoms. The highest BCUT2D eigenvalue weighted by Gasteiger charge is 2.43. The van der Waals surface area contributed by atoms with E-state index in [1.165, 1.54) is 10.6 Å². The van der Waals surface area contributed by atoms with Gasteiger partial charge in [0.05, 0.1) is 17.1 Å². The fourth-order valence-corrected chi connectivity index (χ4v) is 5.70. The minimum absolute atomic E-state index is 0.0418. The van der Waals surface area contributed by atoms with Crippen molar-refractivity contribution in [1.29, 1.82) is 0 Å². The molecule has 3 aromatic rings. The summed E-state index contributed by atoms with van der Waals surface area (Å²) < 4.78 is 111. The molecular weight excluding hydrogens is 540 g/mol. The Morgan fingerprint density at radius 1 is 1.11 bits per heavy atom. The zero-order chi connectivity index (χ0) is 27.7. The number of Topliss-reactive ketones (excluding diaryl/α,β-unsaturated/α-hetero) is 1.